The van der Waals surface area contributed by atoms with Gasteiger partial charge in [0, 0.05) is 12.0 Å². The van der Waals surface area contributed by atoms with Crippen LogP contribution in [0.25, 0.3) is 0 Å². The van der Waals surface area contributed by atoms with Crippen LogP contribution in [0.4, 0.5) is 0 Å². The minimum atomic E-state index is -0.0492. The molecule has 0 aromatic heterocycles. The van der Waals surface area contributed by atoms with E-state index in [-0.39, 0.29) is 5.91 Å². The topological polar surface area (TPSA) is 29.1 Å². The second-order valence-corrected chi connectivity index (χ2v) is 4.33. The predicted octanol–water partition coefficient (Wildman–Crippen LogP) is 1.63. The number of carbonyl (C=O) groups is 1. The number of hydrogen-bond donors (Lipinski definition) is 1. The number of fused-ring (bicyclic) bond motifs is 3. The Balaban J connectivity index is 1.78. The van der Waals surface area contributed by atoms with E-state index >= 15 is 0 Å². The maximum Gasteiger partial charge on any atom is 0.243 e. The summed E-state index contributed by atoms with van der Waals surface area (Å²) < 4.78 is 0. The molecule has 3 rings (SSSR count). The van der Waals surface area contributed by atoms with Crippen molar-refractivity contribution in [2.75, 3.05) is 0 Å². The molecule has 2 heteroatoms. The first-order chi connectivity index (χ1) is 7.31. The molecule has 0 aliphatic heterocycles. The fourth-order valence-electron chi connectivity index (χ4n) is 2.77. The van der Waals surface area contributed by atoms with Crippen LogP contribution in [0.1, 0.15) is 17.0 Å². The van der Waals surface area contributed by atoms with Crippen LogP contribution in [0.5, 0.6) is 0 Å². The van der Waals surface area contributed by atoms with Gasteiger partial charge in [-0.3, -0.25) is 4.79 Å². The molecule has 0 unspecified atom stereocenters. The van der Waals surface area contributed by atoms with Crippen molar-refractivity contribution in [2.24, 2.45) is 5.92 Å². The summed E-state index contributed by atoms with van der Waals surface area (Å²) in [6, 6.07) is 8.88. The third kappa shape index (κ3) is 1.21. The summed E-state index contributed by atoms with van der Waals surface area (Å²) in [7, 11) is 0. The van der Waals surface area contributed by atoms with E-state index in [1.54, 1.807) is 0 Å². The Morgan fingerprint density at radius 1 is 1.47 bits per heavy atom. The molecular formula is C13H13NO. The van der Waals surface area contributed by atoms with Gasteiger partial charge in [0.05, 0.1) is 0 Å². The first-order valence-corrected chi connectivity index (χ1v) is 5.32. The maximum atomic E-state index is 11.2. The van der Waals surface area contributed by atoms with Crippen molar-refractivity contribution in [3.63, 3.8) is 0 Å². The molecule has 2 aliphatic rings. The standard InChI is InChI=1S/C13H13NO/c1-2-11(15)14-13-10-7-8-5-3-4-6-9(8)12(10)13/h2-6,10,12-13H,1,7H2,(H,14,15)/t10-,12+,13+/m0/s1. The molecule has 1 aromatic rings. The van der Waals surface area contributed by atoms with Gasteiger partial charge in [-0.25, -0.2) is 0 Å². The first-order valence-electron chi connectivity index (χ1n) is 5.32. The van der Waals surface area contributed by atoms with E-state index in [4.69, 9.17) is 0 Å². The van der Waals surface area contributed by atoms with Crippen molar-refractivity contribution >= 4 is 5.91 Å². The average molecular weight is 199 g/mol. The molecule has 1 N–H and O–H groups in total. The molecular weight excluding hydrogens is 186 g/mol. The average Bonchev–Trinajstić information content (AvgIpc) is 2.77. The number of nitrogens with one attached hydrogen (secondary N) is 1. The van der Waals surface area contributed by atoms with Gasteiger partial charge in [-0.2, -0.15) is 0 Å². The SMILES string of the molecule is C=CC(=O)N[C@@H]1[C@H]2Cc3ccccc3[C@H]21. The van der Waals surface area contributed by atoms with Gasteiger partial charge in [0.1, 0.15) is 0 Å². The molecule has 1 amide bonds. The first kappa shape index (κ1) is 8.72. The fourth-order valence-corrected chi connectivity index (χ4v) is 2.77. The van der Waals surface area contributed by atoms with Crippen molar-refractivity contribution in [1.82, 2.24) is 5.32 Å². The summed E-state index contributed by atoms with van der Waals surface area (Å²) in [6.45, 7) is 3.47. The molecule has 3 atom stereocenters. The highest BCUT2D eigenvalue weighted by Crippen LogP contribution is 2.56. The molecule has 2 nitrogen and oxygen atoms in total. The zero-order valence-electron chi connectivity index (χ0n) is 8.44. The summed E-state index contributed by atoms with van der Waals surface area (Å²) >= 11 is 0. The Kier molecular flexibility index (Phi) is 1.72. The lowest BCUT2D eigenvalue weighted by molar-refractivity contribution is -0.116. The van der Waals surface area contributed by atoms with E-state index < -0.39 is 0 Å². The highest BCUT2D eigenvalue weighted by Gasteiger charge is 2.55. The second kappa shape index (κ2) is 2.96. The molecule has 1 aromatic carbocycles. The van der Waals surface area contributed by atoms with E-state index in [9.17, 15) is 4.79 Å². The highest BCUT2D eigenvalue weighted by atomic mass is 16.1. The number of benzene rings is 1. The lowest BCUT2D eigenvalue weighted by atomic mass is 10.1. The number of rotatable bonds is 2. The summed E-state index contributed by atoms with van der Waals surface area (Å²) in [4.78, 5) is 11.2. The van der Waals surface area contributed by atoms with Gasteiger partial charge in [-0.15, -0.1) is 0 Å². The summed E-state index contributed by atoms with van der Waals surface area (Å²) in [6.07, 6.45) is 2.46. The largest absolute Gasteiger partial charge is 0.349 e. The van der Waals surface area contributed by atoms with Gasteiger partial charge >= 0.3 is 0 Å². The van der Waals surface area contributed by atoms with Crippen LogP contribution >= 0.6 is 0 Å². The number of amides is 1. The Labute approximate surface area is 89.0 Å². The molecule has 0 heterocycles. The van der Waals surface area contributed by atoms with Gasteiger partial charge in [-0.05, 0) is 29.5 Å². The van der Waals surface area contributed by atoms with Crippen LogP contribution in [0.2, 0.25) is 0 Å². The molecule has 0 radical (unpaired) electrons. The zero-order valence-corrected chi connectivity index (χ0v) is 8.44. The van der Waals surface area contributed by atoms with E-state index in [1.165, 1.54) is 17.2 Å². The van der Waals surface area contributed by atoms with E-state index in [2.05, 4.69) is 36.2 Å². The van der Waals surface area contributed by atoms with E-state index in [0.29, 0.717) is 17.9 Å². The number of hydrogen-bond acceptors (Lipinski definition) is 1. The summed E-state index contributed by atoms with van der Waals surface area (Å²) in [5.41, 5.74) is 2.88. The zero-order chi connectivity index (χ0) is 10.4. The molecule has 15 heavy (non-hydrogen) atoms. The summed E-state index contributed by atoms with van der Waals surface area (Å²) in [5.74, 6) is 1.14. The third-order valence-electron chi connectivity index (χ3n) is 3.53. The van der Waals surface area contributed by atoms with Gasteiger partial charge < -0.3 is 5.32 Å². The molecule has 2 aliphatic carbocycles. The smallest absolute Gasteiger partial charge is 0.243 e. The quantitative estimate of drug-likeness (QED) is 0.721. The normalized spacial score (nSPS) is 30.3. The van der Waals surface area contributed by atoms with Crippen LogP contribution in [-0.4, -0.2) is 11.9 Å². The Morgan fingerprint density at radius 3 is 3.07 bits per heavy atom. The number of carbonyl (C=O) groups excluding carboxylic acids is 1. The second-order valence-electron chi connectivity index (χ2n) is 4.33. The van der Waals surface area contributed by atoms with Crippen LogP contribution < -0.4 is 5.32 Å². The van der Waals surface area contributed by atoms with Crippen LogP contribution in [0.15, 0.2) is 36.9 Å². The van der Waals surface area contributed by atoms with Crippen molar-refractivity contribution < 1.29 is 4.79 Å². The van der Waals surface area contributed by atoms with Gasteiger partial charge in [-0.1, -0.05) is 30.8 Å². The Bertz CT molecular complexity index is 438. The lowest BCUT2D eigenvalue weighted by Gasteiger charge is -2.07. The van der Waals surface area contributed by atoms with Crippen LogP contribution in [0.3, 0.4) is 0 Å². The van der Waals surface area contributed by atoms with Gasteiger partial charge in [0.25, 0.3) is 0 Å². The molecule has 1 fully saturated rings. The molecule has 1 saturated carbocycles. The van der Waals surface area contributed by atoms with Crippen molar-refractivity contribution in [2.45, 2.75) is 18.4 Å². The van der Waals surface area contributed by atoms with Crippen molar-refractivity contribution in [3.8, 4) is 0 Å². The predicted molar refractivity (Wildman–Crippen MR) is 58.5 cm³/mol. The maximum absolute atomic E-state index is 11.2. The highest BCUT2D eigenvalue weighted by molar-refractivity contribution is 5.87. The van der Waals surface area contributed by atoms with Gasteiger partial charge in [0.15, 0.2) is 0 Å². The molecule has 0 spiro atoms. The fraction of sp³-hybridized carbons (Fsp3) is 0.308. The van der Waals surface area contributed by atoms with Crippen LogP contribution in [-0.2, 0) is 11.2 Å². The monoisotopic (exact) mass is 199 g/mol. The van der Waals surface area contributed by atoms with E-state index in [0.717, 1.165) is 6.42 Å². The Morgan fingerprint density at radius 2 is 2.27 bits per heavy atom. The molecule has 76 valence electrons. The lowest BCUT2D eigenvalue weighted by Crippen LogP contribution is -2.26. The van der Waals surface area contributed by atoms with Crippen molar-refractivity contribution in [3.05, 3.63) is 48.0 Å². The molecule has 0 bridgehead atoms. The van der Waals surface area contributed by atoms with E-state index in [1.807, 2.05) is 0 Å². The minimum Gasteiger partial charge on any atom is -0.349 e. The Hall–Kier alpha value is -1.57. The summed E-state index contributed by atoms with van der Waals surface area (Å²) in [5, 5.41) is 2.99. The molecule has 0 saturated heterocycles. The third-order valence-corrected chi connectivity index (χ3v) is 3.53. The van der Waals surface area contributed by atoms with Crippen molar-refractivity contribution in [1.29, 1.82) is 0 Å². The minimum absolute atomic E-state index is 0.0492. The van der Waals surface area contributed by atoms with Gasteiger partial charge in [0.2, 0.25) is 5.91 Å². The van der Waals surface area contributed by atoms with Crippen LogP contribution in [0, 0.1) is 5.92 Å².